The van der Waals surface area contributed by atoms with Gasteiger partial charge in [0.1, 0.15) is 0 Å². The Labute approximate surface area is 101 Å². The lowest BCUT2D eigenvalue weighted by Crippen LogP contribution is -2.50. The molecule has 0 amide bonds. The van der Waals surface area contributed by atoms with E-state index in [1.807, 2.05) is 0 Å². The van der Waals surface area contributed by atoms with Crippen LogP contribution in [0.1, 0.15) is 46.5 Å². The number of hydrogen-bond donors (Lipinski definition) is 1. The van der Waals surface area contributed by atoms with Crippen LogP contribution in [0.4, 0.5) is 0 Å². The van der Waals surface area contributed by atoms with Crippen LogP contribution in [-0.2, 0) is 0 Å². The highest BCUT2D eigenvalue weighted by atomic mass is 15.2. The second kappa shape index (κ2) is 5.05. The third kappa shape index (κ3) is 2.78. The Morgan fingerprint density at radius 3 is 2.56 bits per heavy atom. The first kappa shape index (κ1) is 12.4. The van der Waals surface area contributed by atoms with E-state index in [9.17, 15) is 0 Å². The van der Waals surface area contributed by atoms with Crippen LogP contribution in [0.15, 0.2) is 0 Å². The first-order chi connectivity index (χ1) is 7.69. The summed E-state index contributed by atoms with van der Waals surface area (Å²) in [6.07, 6.45) is 5.32. The maximum Gasteiger partial charge on any atom is 0.0303 e. The minimum Gasteiger partial charge on any atom is -0.310 e. The lowest BCUT2D eigenvalue weighted by molar-refractivity contribution is 0.189. The van der Waals surface area contributed by atoms with Gasteiger partial charge < -0.3 is 10.2 Å². The van der Waals surface area contributed by atoms with Gasteiger partial charge in [-0.3, -0.25) is 0 Å². The molecule has 2 nitrogen and oxygen atoms in total. The molecule has 0 aromatic rings. The summed E-state index contributed by atoms with van der Waals surface area (Å²) in [5.74, 6) is 2.00. The van der Waals surface area contributed by atoms with Gasteiger partial charge in [0, 0.05) is 18.6 Å². The topological polar surface area (TPSA) is 15.3 Å². The number of nitrogens with one attached hydrogen (secondary N) is 1. The summed E-state index contributed by atoms with van der Waals surface area (Å²) in [5.41, 5.74) is 0.397. The van der Waals surface area contributed by atoms with Crippen molar-refractivity contribution in [3.8, 4) is 0 Å². The van der Waals surface area contributed by atoms with E-state index in [1.54, 1.807) is 0 Å². The van der Waals surface area contributed by atoms with Crippen molar-refractivity contribution in [2.45, 2.75) is 52.0 Å². The SMILES string of the molecule is CCC1(CC)CN(CC2CC2C)CCCN1. The second-order valence-corrected chi connectivity index (χ2v) is 5.98. The van der Waals surface area contributed by atoms with E-state index in [-0.39, 0.29) is 0 Å². The first-order valence-electron chi connectivity index (χ1n) is 7.16. The Morgan fingerprint density at radius 2 is 2.00 bits per heavy atom. The van der Waals surface area contributed by atoms with Crippen molar-refractivity contribution < 1.29 is 0 Å². The fourth-order valence-electron chi connectivity index (χ4n) is 3.08. The van der Waals surface area contributed by atoms with Gasteiger partial charge in [-0.05, 0) is 50.6 Å². The molecule has 0 spiro atoms. The predicted octanol–water partition coefficient (Wildman–Crippen LogP) is 2.50. The molecule has 2 rings (SSSR count). The van der Waals surface area contributed by atoms with Crippen molar-refractivity contribution in [1.82, 2.24) is 10.2 Å². The quantitative estimate of drug-likeness (QED) is 0.789. The van der Waals surface area contributed by atoms with Crippen LogP contribution in [0, 0.1) is 11.8 Å². The van der Waals surface area contributed by atoms with Gasteiger partial charge >= 0.3 is 0 Å². The molecule has 1 N–H and O–H groups in total. The molecule has 16 heavy (non-hydrogen) atoms. The molecule has 1 aliphatic carbocycles. The molecule has 2 fully saturated rings. The minimum absolute atomic E-state index is 0.397. The van der Waals surface area contributed by atoms with E-state index in [1.165, 1.54) is 51.9 Å². The molecule has 0 radical (unpaired) electrons. The van der Waals surface area contributed by atoms with Gasteiger partial charge in [-0.25, -0.2) is 0 Å². The van der Waals surface area contributed by atoms with E-state index in [4.69, 9.17) is 0 Å². The van der Waals surface area contributed by atoms with E-state index in [0.29, 0.717) is 5.54 Å². The fraction of sp³-hybridized carbons (Fsp3) is 1.00. The predicted molar refractivity (Wildman–Crippen MR) is 69.6 cm³/mol. The third-order valence-electron chi connectivity index (χ3n) is 4.80. The molecule has 2 aliphatic rings. The zero-order valence-electron chi connectivity index (χ0n) is 11.3. The average Bonchev–Trinajstić information content (AvgIpc) is 3.02. The van der Waals surface area contributed by atoms with Gasteiger partial charge in [0.05, 0.1) is 0 Å². The second-order valence-electron chi connectivity index (χ2n) is 5.98. The summed E-state index contributed by atoms with van der Waals surface area (Å²) < 4.78 is 0. The van der Waals surface area contributed by atoms with Gasteiger partial charge in [-0.1, -0.05) is 20.8 Å². The molecular weight excluding hydrogens is 196 g/mol. The number of hydrogen-bond acceptors (Lipinski definition) is 2. The highest BCUT2D eigenvalue weighted by molar-refractivity contribution is 4.93. The lowest BCUT2D eigenvalue weighted by atomic mass is 9.92. The maximum atomic E-state index is 3.79. The van der Waals surface area contributed by atoms with Crippen molar-refractivity contribution in [3.63, 3.8) is 0 Å². The Kier molecular flexibility index (Phi) is 3.91. The summed E-state index contributed by atoms with van der Waals surface area (Å²) in [7, 11) is 0. The third-order valence-corrected chi connectivity index (χ3v) is 4.80. The number of rotatable bonds is 4. The zero-order chi connectivity index (χ0) is 11.6. The van der Waals surface area contributed by atoms with Crippen molar-refractivity contribution in [1.29, 1.82) is 0 Å². The van der Waals surface area contributed by atoms with Gasteiger partial charge in [0.15, 0.2) is 0 Å². The van der Waals surface area contributed by atoms with Crippen LogP contribution in [0.3, 0.4) is 0 Å². The van der Waals surface area contributed by atoms with Crippen LogP contribution >= 0.6 is 0 Å². The number of nitrogens with zero attached hydrogens (tertiary/aromatic N) is 1. The maximum absolute atomic E-state index is 3.79. The Balaban J connectivity index is 1.91. The van der Waals surface area contributed by atoms with Gasteiger partial charge in [-0.15, -0.1) is 0 Å². The normalized spacial score (nSPS) is 34.7. The zero-order valence-corrected chi connectivity index (χ0v) is 11.3. The van der Waals surface area contributed by atoms with Crippen LogP contribution in [0.2, 0.25) is 0 Å². The van der Waals surface area contributed by atoms with Crippen molar-refractivity contribution in [2.75, 3.05) is 26.2 Å². The summed E-state index contributed by atoms with van der Waals surface area (Å²) in [5, 5.41) is 3.79. The van der Waals surface area contributed by atoms with Crippen LogP contribution in [-0.4, -0.2) is 36.6 Å². The fourth-order valence-corrected chi connectivity index (χ4v) is 3.08. The van der Waals surface area contributed by atoms with E-state index in [2.05, 4.69) is 31.0 Å². The first-order valence-corrected chi connectivity index (χ1v) is 7.16. The molecule has 0 aromatic carbocycles. The molecule has 2 atom stereocenters. The van der Waals surface area contributed by atoms with Crippen molar-refractivity contribution in [3.05, 3.63) is 0 Å². The van der Waals surface area contributed by atoms with Crippen molar-refractivity contribution >= 4 is 0 Å². The lowest BCUT2D eigenvalue weighted by Gasteiger charge is -2.35. The smallest absolute Gasteiger partial charge is 0.0303 e. The summed E-state index contributed by atoms with van der Waals surface area (Å²) in [6.45, 7) is 12.2. The largest absolute Gasteiger partial charge is 0.310 e. The summed E-state index contributed by atoms with van der Waals surface area (Å²) in [6, 6.07) is 0. The molecule has 2 unspecified atom stereocenters. The van der Waals surface area contributed by atoms with Crippen molar-refractivity contribution in [2.24, 2.45) is 11.8 Å². The molecule has 1 saturated carbocycles. The molecule has 0 bridgehead atoms. The Morgan fingerprint density at radius 1 is 1.31 bits per heavy atom. The standard InChI is InChI=1S/C14H28N2/c1-4-14(5-2)11-16(8-6-7-15-14)10-13-9-12(13)3/h12-13,15H,4-11H2,1-3H3. The summed E-state index contributed by atoms with van der Waals surface area (Å²) >= 11 is 0. The minimum atomic E-state index is 0.397. The summed E-state index contributed by atoms with van der Waals surface area (Å²) in [4.78, 5) is 2.72. The molecule has 94 valence electrons. The molecule has 2 heteroatoms. The average molecular weight is 224 g/mol. The molecule has 1 saturated heterocycles. The molecule has 1 aliphatic heterocycles. The highest BCUT2D eigenvalue weighted by Gasteiger charge is 2.37. The van der Waals surface area contributed by atoms with Gasteiger partial charge in [-0.2, -0.15) is 0 Å². The monoisotopic (exact) mass is 224 g/mol. The van der Waals surface area contributed by atoms with Gasteiger partial charge in [0.2, 0.25) is 0 Å². The molecule has 1 heterocycles. The Bertz CT molecular complexity index is 223. The Hall–Kier alpha value is -0.0800. The molecule has 0 aromatic heterocycles. The highest BCUT2D eigenvalue weighted by Crippen LogP contribution is 2.38. The van der Waals surface area contributed by atoms with E-state index < -0.39 is 0 Å². The van der Waals surface area contributed by atoms with E-state index in [0.717, 1.165) is 11.8 Å². The van der Waals surface area contributed by atoms with Crippen LogP contribution in [0.5, 0.6) is 0 Å². The molecular formula is C14H28N2. The van der Waals surface area contributed by atoms with Gasteiger partial charge in [0.25, 0.3) is 0 Å². The van der Waals surface area contributed by atoms with Crippen LogP contribution in [0.25, 0.3) is 0 Å². The van der Waals surface area contributed by atoms with E-state index >= 15 is 0 Å². The van der Waals surface area contributed by atoms with Crippen LogP contribution < -0.4 is 5.32 Å².